The molecule has 0 spiro atoms. The van der Waals surface area contributed by atoms with E-state index in [1.54, 1.807) is 14.1 Å². The van der Waals surface area contributed by atoms with E-state index in [4.69, 9.17) is 9.57 Å². The van der Waals surface area contributed by atoms with Crippen LogP contribution in [0.15, 0.2) is 15.8 Å². The Kier molecular flexibility index (Phi) is 5.28. The number of nitrogens with zero attached hydrogens (tertiary/aromatic N) is 2. The number of ether oxygens (including phenoxy) is 1. The number of aromatic amines is 1. The van der Waals surface area contributed by atoms with E-state index in [1.165, 1.54) is 25.1 Å². The number of aliphatic hydroxyl groups excluding tert-OH is 2. The predicted molar refractivity (Wildman–Crippen MR) is 82.2 cm³/mol. The van der Waals surface area contributed by atoms with Gasteiger partial charge in [-0.1, -0.05) is 0 Å². The molecule has 1 saturated heterocycles. The highest BCUT2D eigenvalue weighted by Gasteiger charge is 2.60. The van der Waals surface area contributed by atoms with Gasteiger partial charge in [0.15, 0.2) is 11.8 Å². The van der Waals surface area contributed by atoms with Crippen molar-refractivity contribution in [3.8, 4) is 0 Å². The van der Waals surface area contributed by atoms with Gasteiger partial charge >= 0.3 is 5.69 Å². The van der Waals surface area contributed by atoms with Gasteiger partial charge in [-0.25, -0.2) is 4.79 Å². The smallest absolute Gasteiger partial charge is 0.330 e. The summed E-state index contributed by atoms with van der Waals surface area (Å²) in [5.41, 5.74) is -3.18. The van der Waals surface area contributed by atoms with Gasteiger partial charge in [0.25, 0.3) is 5.56 Å². The van der Waals surface area contributed by atoms with E-state index in [0.717, 1.165) is 4.57 Å². The van der Waals surface area contributed by atoms with Gasteiger partial charge in [0.1, 0.15) is 18.3 Å². The second-order valence-electron chi connectivity index (χ2n) is 6.08. The highest BCUT2D eigenvalue weighted by molar-refractivity contribution is 5.09. The highest BCUT2D eigenvalue weighted by atomic mass is 16.7. The maximum atomic E-state index is 12.1. The van der Waals surface area contributed by atoms with Crippen LogP contribution in [0.1, 0.15) is 18.7 Å². The first-order valence-corrected chi connectivity index (χ1v) is 7.45. The molecule has 0 aromatic carbocycles. The molecule has 5 atom stereocenters. The van der Waals surface area contributed by atoms with E-state index in [1.807, 2.05) is 0 Å². The first-order chi connectivity index (χ1) is 11.1. The number of hydrogen-bond donors (Lipinski definition) is 4. The average molecular weight is 345 g/mol. The van der Waals surface area contributed by atoms with Crippen molar-refractivity contribution in [1.82, 2.24) is 14.6 Å². The minimum atomic E-state index is -2.04. The SMILES string of the molecule is Cc1cn([C@@H]2O[C@H](CO)[C@@H](O)[C@]2(O)C(C)ON(C)C)c(=O)[nH]c1=O. The second kappa shape index (κ2) is 6.75. The van der Waals surface area contributed by atoms with Gasteiger partial charge in [-0.15, -0.1) is 0 Å². The zero-order valence-corrected chi connectivity index (χ0v) is 14.0. The van der Waals surface area contributed by atoms with Crippen molar-refractivity contribution in [2.24, 2.45) is 0 Å². The third kappa shape index (κ3) is 3.04. The third-order valence-corrected chi connectivity index (χ3v) is 4.12. The monoisotopic (exact) mass is 345 g/mol. The van der Waals surface area contributed by atoms with E-state index < -0.39 is 48.0 Å². The van der Waals surface area contributed by atoms with Crippen molar-refractivity contribution in [3.63, 3.8) is 0 Å². The van der Waals surface area contributed by atoms with Crippen LogP contribution in [-0.4, -0.2) is 74.5 Å². The van der Waals surface area contributed by atoms with Crippen molar-refractivity contribution in [1.29, 1.82) is 0 Å². The van der Waals surface area contributed by atoms with Gasteiger partial charge in [0, 0.05) is 25.9 Å². The number of hydrogen-bond acceptors (Lipinski definition) is 8. The van der Waals surface area contributed by atoms with E-state index >= 15 is 0 Å². The lowest BCUT2D eigenvalue weighted by Gasteiger charge is -2.37. The Morgan fingerprint density at radius 1 is 1.50 bits per heavy atom. The molecule has 24 heavy (non-hydrogen) atoms. The van der Waals surface area contributed by atoms with Gasteiger partial charge in [-0.3, -0.25) is 19.2 Å². The lowest BCUT2D eigenvalue weighted by molar-refractivity contribution is -0.253. The number of H-pyrrole nitrogens is 1. The van der Waals surface area contributed by atoms with Gasteiger partial charge < -0.3 is 20.1 Å². The number of rotatable bonds is 5. The van der Waals surface area contributed by atoms with Crippen LogP contribution in [0, 0.1) is 6.92 Å². The number of aromatic nitrogens is 2. The van der Waals surface area contributed by atoms with Crippen LogP contribution in [0.3, 0.4) is 0 Å². The van der Waals surface area contributed by atoms with Gasteiger partial charge in [0.05, 0.1) is 6.61 Å². The molecule has 0 radical (unpaired) electrons. The van der Waals surface area contributed by atoms with Crippen molar-refractivity contribution in [2.75, 3.05) is 20.7 Å². The average Bonchev–Trinajstić information content (AvgIpc) is 2.75. The van der Waals surface area contributed by atoms with Crippen LogP contribution in [0.25, 0.3) is 0 Å². The second-order valence-corrected chi connectivity index (χ2v) is 6.08. The Labute approximate surface area is 137 Å². The van der Waals surface area contributed by atoms with E-state index in [2.05, 4.69) is 4.98 Å². The Bertz CT molecular complexity index is 700. The van der Waals surface area contributed by atoms with Crippen LogP contribution in [-0.2, 0) is 9.57 Å². The minimum Gasteiger partial charge on any atom is -0.394 e. The Balaban J connectivity index is 2.55. The molecule has 0 amide bonds. The molecule has 1 fully saturated rings. The normalized spacial score (nSPS) is 31.6. The summed E-state index contributed by atoms with van der Waals surface area (Å²) in [6.45, 7) is 2.43. The fraction of sp³-hybridized carbons (Fsp3) is 0.714. The maximum absolute atomic E-state index is 12.1. The molecule has 2 rings (SSSR count). The molecule has 2 heterocycles. The van der Waals surface area contributed by atoms with Crippen LogP contribution >= 0.6 is 0 Å². The summed E-state index contributed by atoms with van der Waals surface area (Å²) in [6, 6.07) is 0. The number of nitrogens with one attached hydrogen (secondary N) is 1. The summed E-state index contributed by atoms with van der Waals surface area (Å²) in [6.07, 6.45) is -3.74. The van der Waals surface area contributed by atoms with Gasteiger partial charge in [0.2, 0.25) is 0 Å². The molecule has 136 valence electrons. The van der Waals surface area contributed by atoms with Crippen molar-refractivity contribution >= 4 is 0 Å². The van der Waals surface area contributed by atoms with Crippen molar-refractivity contribution < 1.29 is 24.9 Å². The van der Waals surface area contributed by atoms with Crippen LogP contribution in [0.5, 0.6) is 0 Å². The topological polar surface area (TPSA) is 137 Å². The highest BCUT2D eigenvalue weighted by Crippen LogP contribution is 2.41. The predicted octanol–water partition coefficient (Wildman–Crippen LogP) is -2.29. The van der Waals surface area contributed by atoms with E-state index in [-0.39, 0.29) is 5.56 Å². The van der Waals surface area contributed by atoms with E-state index in [0.29, 0.717) is 0 Å². The molecule has 1 aliphatic heterocycles. The van der Waals surface area contributed by atoms with E-state index in [9.17, 15) is 24.9 Å². The quantitative estimate of drug-likeness (QED) is 0.438. The van der Waals surface area contributed by atoms with Crippen molar-refractivity contribution in [3.05, 3.63) is 32.6 Å². The zero-order valence-electron chi connectivity index (χ0n) is 14.0. The summed E-state index contributed by atoms with van der Waals surface area (Å²) in [7, 11) is 3.19. The van der Waals surface area contributed by atoms with Crippen molar-refractivity contribution in [2.45, 2.75) is 44.0 Å². The summed E-state index contributed by atoms with van der Waals surface area (Å²) in [5.74, 6) is 0. The summed E-state index contributed by atoms with van der Waals surface area (Å²) < 4.78 is 6.47. The molecule has 10 heteroatoms. The molecule has 1 aromatic heterocycles. The molecule has 1 unspecified atom stereocenters. The third-order valence-electron chi connectivity index (χ3n) is 4.12. The Morgan fingerprint density at radius 2 is 2.12 bits per heavy atom. The van der Waals surface area contributed by atoms with Crippen LogP contribution in [0.2, 0.25) is 0 Å². The molecule has 10 nitrogen and oxygen atoms in total. The fourth-order valence-corrected chi connectivity index (χ4v) is 2.83. The molecule has 0 bridgehead atoms. The van der Waals surface area contributed by atoms with Crippen LogP contribution in [0.4, 0.5) is 0 Å². The largest absolute Gasteiger partial charge is 0.394 e. The lowest BCUT2D eigenvalue weighted by atomic mass is 9.88. The summed E-state index contributed by atoms with van der Waals surface area (Å²) >= 11 is 0. The lowest BCUT2D eigenvalue weighted by Crippen LogP contribution is -2.57. The molecule has 0 saturated carbocycles. The molecule has 1 aliphatic rings. The Hall–Kier alpha value is -1.56. The fourth-order valence-electron chi connectivity index (χ4n) is 2.83. The standard InChI is InChI=1S/C14H23N3O7/c1-7-5-17(13(21)15-11(7)20)12-14(22,8(2)24-16(3)4)10(19)9(6-18)23-12/h5,8-10,12,18-19,22H,6H2,1-4H3,(H,15,20,21)/t8?,9-,10-,12-,14-/m1/s1. The molecule has 0 aliphatic carbocycles. The number of aryl methyl sites for hydroxylation is 1. The molecule has 1 aromatic rings. The molecule has 4 N–H and O–H groups in total. The number of aliphatic hydroxyl groups is 3. The van der Waals surface area contributed by atoms with Gasteiger partial charge in [-0.2, -0.15) is 5.06 Å². The maximum Gasteiger partial charge on any atom is 0.330 e. The first-order valence-electron chi connectivity index (χ1n) is 7.45. The first kappa shape index (κ1) is 18.8. The molecular formula is C14H23N3O7. The summed E-state index contributed by atoms with van der Waals surface area (Å²) in [4.78, 5) is 31.2. The molecular weight excluding hydrogens is 322 g/mol. The Morgan fingerprint density at radius 3 is 2.67 bits per heavy atom. The van der Waals surface area contributed by atoms with Crippen LogP contribution < -0.4 is 11.2 Å². The summed E-state index contributed by atoms with van der Waals surface area (Å²) in [5, 5.41) is 32.2. The zero-order chi connectivity index (χ0) is 18.2. The van der Waals surface area contributed by atoms with Gasteiger partial charge in [-0.05, 0) is 13.8 Å². The number of hydroxylamine groups is 2. The minimum absolute atomic E-state index is 0.226.